The van der Waals surface area contributed by atoms with Gasteiger partial charge < -0.3 is 15.5 Å². The number of nitrogens with two attached hydrogens (primary N) is 1. The van der Waals surface area contributed by atoms with Crippen LogP contribution >= 0.6 is 24.8 Å². The van der Waals surface area contributed by atoms with Gasteiger partial charge in [-0.3, -0.25) is 0 Å². The highest BCUT2D eigenvalue weighted by Gasteiger charge is 2.14. The van der Waals surface area contributed by atoms with Crippen LogP contribution in [0.5, 0.6) is 0 Å². The Labute approximate surface area is 115 Å². The molecule has 2 heterocycles. The summed E-state index contributed by atoms with van der Waals surface area (Å²) in [5.41, 5.74) is 6.55. The van der Waals surface area contributed by atoms with Crippen LogP contribution in [0.1, 0.15) is 5.69 Å². The van der Waals surface area contributed by atoms with Gasteiger partial charge in [-0.25, -0.2) is 4.98 Å². The molecule has 1 aliphatic heterocycles. The van der Waals surface area contributed by atoms with E-state index in [9.17, 15) is 0 Å². The van der Waals surface area contributed by atoms with Crippen LogP contribution in [0.2, 0.25) is 0 Å². The largest absolute Gasteiger partial charge is 0.354 e. The van der Waals surface area contributed by atoms with E-state index in [-0.39, 0.29) is 24.8 Å². The van der Waals surface area contributed by atoms with Crippen LogP contribution in [0.25, 0.3) is 0 Å². The van der Waals surface area contributed by atoms with Gasteiger partial charge in [0.25, 0.3) is 0 Å². The second-order valence-electron chi connectivity index (χ2n) is 3.98. The highest BCUT2D eigenvalue weighted by molar-refractivity contribution is 5.85. The maximum atomic E-state index is 5.58. The van der Waals surface area contributed by atoms with Crippen molar-refractivity contribution in [3.8, 4) is 0 Å². The van der Waals surface area contributed by atoms with Gasteiger partial charge in [0.05, 0.1) is 5.69 Å². The van der Waals surface area contributed by atoms with E-state index in [0.717, 1.165) is 37.7 Å². The molecular formula is C11H20Cl2N4. The lowest BCUT2D eigenvalue weighted by molar-refractivity contribution is 0.312. The number of piperazine rings is 1. The summed E-state index contributed by atoms with van der Waals surface area (Å²) >= 11 is 0. The summed E-state index contributed by atoms with van der Waals surface area (Å²) in [5.74, 6) is 1.06. The lowest BCUT2D eigenvalue weighted by atomic mass is 10.3. The molecule has 0 saturated carbocycles. The molecule has 1 fully saturated rings. The number of rotatable bonds is 2. The summed E-state index contributed by atoms with van der Waals surface area (Å²) in [6, 6.07) is 6.06. The van der Waals surface area contributed by atoms with E-state index in [1.165, 1.54) is 0 Å². The van der Waals surface area contributed by atoms with Crippen LogP contribution in [0.15, 0.2) is 18.2 Å². The van der Waals surface area contributed by atoms with E-state index < -0.39 is 0 Å². The molecule has 2 N–H and O–H groups in total. The Kier molecular flexibility index (Phi) is 7.46. The van der Waals surface area contributed by atoms with Crippen LogP contribution in [-0.2, 0) is 6.54 Å². The van der Waals surface area contributed by atoms with E-state index in [1.54, 1.807) is 0 Å². The van der Waals surface area contributed by atoms with E-state index in [2.05, 4.69) is 27.9 Å². The summed E-state index contributed by atoms with van der Waals surface area (Å²) in [4.78, 5) is 9.18. The van der Waals surface area contributed by atoms with Gasteiger partial charge in [-0.05, 0) is 19.2 Å². The van der Waals surface area contributed by atoms with Crippen molar-refractivity contribution in [3.05, 3.63) is 23.9 Å². The molecule has 6 heteroatoms. The average Bonchev–Trinajstić information content (AvgIpc) is 2.30. The molecule has 1 aromatic heterocycles. The smallest absolute Gasteiger partial charge is 0.128 e. The van der Waals surface area contributed by atoms with Crippen LogP contribution in [-0.4, -0.2) is 43.1 Å². The van der Waals surface area contributed by atoms with Crippen molar-refractivity contribution < 1.29 is 0 Å². The Morgan fingerprint density at radius 1 is 1.18 bits per heavy atom. The number of likely N-dealkylation sites (N-methyl/N-ethyl adjacent to an activating group) is 1. The SMILES string of the molecule is CN1CCN(c2cccc(CN)n2)CC1.Cl.Cl. The van der Waals surface area contributed by atoms with Gasteiger partial charge >= 0.3 is 0 Å². The zero-order valence-corrected chi connectivity index (χ0v) is 11.6. The van der Waals surface area contributed by atoms with Crippen molar-refractivity contribution in [2.24, 2.45) is 5.73 Å². The molecule has 0 bridgehead atoms. The first-order chi connectivity index (χ1) is 7.29. The van der Waals surface area contributed by atoms with Gasteiger partial charge in [-0.15, -0.1) is 24.8 Å². The van der Waals surface area contributed by atoms with E-state index in [1.807, 2.05) is 12.1 Å². The molecular weight excluding hydrogens is 259 g/mol. The molecule has 98 valence electrons. The van der Waals surface area contributed by atoms with Gasteiger partial charge in [0.1, 0.15) is 5.82 Å². The normalized spacial score (nSPS) is 16.0. The van der Waals surface area contributed by atoms with Crippen molar-refractivity contribution >= 4 is 30.6 Å². The lowest BCUT2D eigenvalue weighted by Gasteiger charge is -2.33. The zero-order valence-electron chi connectivity index (χ0n) is 10.0. The monoisotopic (exact) mass is 278 g/mol. The van der Waals surface area contributed by atoms with Crippen molar-refractivity contribution in [2.75, 3.05) is 38.1 Å². The molecule has 1 saturated heterocycles. The molecule has 0 unspecified atom stereocenters. The fourth-order valence-electron chi connectivity index (χ4n) is 1.79. The number of aromatic nitrogens is 1. The average molecular weight is 279 g/mol. The molecule has 4 nitrogen and oxygen atoms in total. The maximum Gasteiger partial charge on any atom is 0.128 e. The zero-order chi connectivity index (χ0) is 10.7. The summed E-state index contributed by atoms with van der Waals surface area (Å²) in [6.07, 6.45) is 0. The molecule has 0 spiro atoms. The molecule has 0 amide bonds. The van der Waals surface area contributed by atoms with Crippen molar-refractivity contribution in [2.45, 2.75) is 6.54 Å². The Balaban J connectivity index is 0.00000128. The predicted molar refractivity (Wildman–Crippen MR) is 76.3 cm³/mol. The van der Waals surface area contributed by atoms with Gasteiger partial charge in [0.2, 0.25) is 0 Å². The fraction of sp³-hybridized carbons (Fsp3) is 0.545. The predicted octanol–water partition coefficient (Wildman–Crippen LogP) is 1.14. The molecule has 0 aromatic carbocycles. The summed E-state index contributed by atoms with van der Waals surface area (Å²) < 4.78 is 0. The fourth-order valence-corrected chi connectivity index (χ4v) is 1.79. The lowest BCUT2D eigenvalue weighted by Crippen LogP contribution is -2.44. The minimum absolute atomic E-state index is 0. The standard InChI is InChI=1S/C11H18N4.2ClH/c1-14-5-7-15(8-6-14)11-4-2-3-10(9-12)13-11;;/h2-4H,5-9,12H2,1H3;2*1H. The number of halogens is 2. The number of anilines is 1. The van der Waals surface area contributed by atoms with Gasteiger partial charge in [0.15, 0.2) is 0 Å². The van der Waals surface area contributed by atoms with Gasteiger partial charge in [-0.1, -0.05) is 6.07 Å². The highest BCUT2D eigenvalue weighted by atomic mass is 35.5. The summed E-state index contributed by atoms with van der Waals surface area (Å²) in [6.45, 7) is 4.83. The first-order valence-corrected chi connectivity index (χ1v) is 5.39. The number of nitrogens with zero attached hydrogens (tertiary/aromatic N) is 3. The third-order valence-corrected chi connectivity index (χ3v) is 2.83. The van der Waals surface area contributed by atoms with Crippen LogP contribution in [0, 0.1) is 0 Å². The molecule has 0 atom stereocenters. The molecule has 0 aliphatic carbocycles. The summed E-state index contributed by atoms with van der Waals surface area (Å²) in [7, 11) is 2.15. The van der Waals surface area contributed by atoms with E-state index in [0.29, 0.717) is 6.54 Å². The second-order valence-corrected chi connectivity index (χ2v) is 3.98. The van der Waals surface area contributed by atoms with Crippen LogP contribution in [0.4, 0.5) is 5.82 Å². The number of pyridine rings is 1. The molecule has 0 radical (unpaired) electrons. The summed E-state index contributed by atoms with van der Waals surface area (Å²) in [5, 5.41) is 0. The number of hydrogen-bond acceptors (Lipinski definition) is 4. The first-order valence-electron chi connectivity index (χ1n) is 5.39. The van der Waals surface area contributed by atoms with Gasteiger partial charge in [0, 0.05) is 32.7 Å². The maximum absolute atomic E-state index is 5.58. The second kappa shape index (κ2) is 7.71. The van der Waals surface area contributed by atoms with Crippen molar-refractivity contribution in [3.63, 3.8) is 0 Å². The third-order valence-electron chi connectivity index (χ3n) is 2.83. The quantitative estimate of drug-likeness (QED) is 0.881. The topological polar surface area (TPSA) is 45.4 Å². The Morgan fingerprint density at radius 3 is 2.41 bits per heavy atom. The van der Waals surface area contributed by atoms with Gasteiger partial charge in [-0.2, -0.15) is 0 Å². The van der Waals surface area contributed by atoms with E-state index in [4.69, 9.17) is 5.73 Å². The Bertz CT molecular complexity index is 327. The van der Waals surface area contributed by atoms with Crippen molar-refractivity contribution in [1.29, 1.82) is 0 Å². The third kappa shape index (κ3) is 4.32. The Morgan fingerprint density at radius 2 is 1.82 bits per heavy atom. The van der Waals surface area contributed by atoms with E-state index >= 15 is 0 Å². The molecule has 1 aliphatic rings. The van der Waals surface area contributed by atoms with Crippen LogP contribution < -0.4 is 10.6 Å². The number of hydrogen-bond donors (Lipinski definition) is 1. The molecule has 17 heavy (non-hydrogen) atoms. The van der Waals surface area contributed by atoms with Crippen molar-refractivity contribution in [1.82, 2.24) is 9.88 Å². The van der Waals surface area contributed by atoms with Crippen LogP contribution in [0.3, 0.4) is 0 Å². The highest BCUT2D eigenvalue weighted by Crippen LogP contribution is 2.13. The Hall–Kier alpha value is -0.550. The molecule has 1 aromatic rings. The first kappa shape index (κ1) is 16.4. The minimum atomic E-state index is 0. The minimum Gasteiger partial charge on any atom is -0.354 e. The molecule has 2 rings (SSSR count).